The van der Waals surface area contributed by atoms with E-state index < -0.39 is 13.0 Å². The molecule has 7 heteroatoms. The van der Waals surface area contributed by atoms with Gasteiger partial charge in [0.2, 0.25) is 0 Å². The highest BCUT2D eigenvalue weighted by Crippen LogP contribution is 2.25. The third kappa shape index (κ3) is 4.66. The Morgan fingerprint density at radius 2 is 2.11 bits per heavy atom. The maximum absolute atomic E-state index is 11.9. The molecule has 0 radical (unpaired) electrons. The van der Waals surface area contributed by atoms with Gasteiger partial charge < -0.3 is 11.1 Å². The van der Waals surface area contributed by atoms with Crippen molar-refractivity contribution in [2.24, 2.45) is 10.7 Å². The van der Waals surface area contributed by atoms with Crippen LogP contribution in [0.3, 0.4) is 0 Å². The molecule has 1 unspecified atom stereocenters. The molecule has 0 aliphatic rings. The summed E-state index contributed by atoms with van der Waals surface area (Å²) >= 11 is 11.8. The number of rotatable bonds is 4. The minimum atomic E-state index is -2.51. The smallest absolute Gasteiger partial charge is 0.257 e. The minimum Gasteiger partial charge on any atom is -0.370 e. The molecule has 1 aromatic rings. The summed E-state index contributed by atoms with van der Waals surface area (Å²) in [4.78, 5) is 3.50. The molecule has 0 aromatic heterocycles. The number of nitrogens with two attached hydrogens (primary N) is 1. The largest absolute Gasteiger partial charge is 0.370 e. The monoisotopic (exact) mass is 295 g/mol. The van der Waals surface area contributed by atoms with E-state index in [9.17, 15) is 8.78 Å². The van der Waals surface area contributed by atoms with Crippen LogP contribution in [0.2, 0.25) is 10.0 Å². The number of hydrogen-bond acceptors (Lipinski definition) is 1. The molecule has 0 saturated heterocycles. The molecule has 0 amide bonds. The highest BCUT2D eigenvalue weighted by Gasteiger charge is 2.11. The fraction of sp³-hybridized carbons (Fsp3) is 0.364. The van der Waals surface area contributed by atoms with Crippen LogP contribution in [0.25, 0.3) is 0 Å². The van der Waals surface area contributed by atoms with Crippen LogP contribution in [0.1, 0.15) is 18.5 Å². The van der Waals surface area contributed by atoms with Crippen molar-refractivity contribution in [1.29, 1.82) is 0 Å². The number of nitrogens with zero attached hydrogens (tertiary/aromatic N) is 1. The second-order valence-electron chi connectivity index (χ2n) is 3.65. The standard InChI is InChI=1S/C11H13Cl2F2N3/c1-6(18-11(16)17-5-10(14)15)8-3-2-7(12)4-9(8)13/h2-4,6,10H,5H2,1H3,(H3,16,17,18). The number of aliphatic imine (C=N–C) groups is 1. The lowest BCUT2D eigenvalue weighted by Gasteiger charge is -2.16. The van der Waals surface area contributed by atoms with Gasteiger partial charge >= 0.3 is 0 Å². The van der Waals surface area contributed by atoms with Crippen LogP contribution in [-0.2, 0) is 0 Å². The summed E-state index contributed by atoms with van der Waals surface area (Å²) in [5.41, 5.74) is 6.24. The van der Waals surface area contributed by atoms with E-state index in [0.717, 1.165) is 5.56 Å². The summed E-state index contributed by atoms with van der Waals surface area (Å²) in [6, 6.07) is 4.77. The summed E-state index contributed by atoms with van der Waals surface area (Å²) in [6.45, 7) is 1.17. The number of hydrogen-bond donors (Lipinski definition) is 2. The molecule has 0 heterocycles. The summed E-state index contributed by atoms with van der Waals surface area (Å²) in [5, 5.41) is 3.78. The maximum Gasteiger partial charge on any atom is 0.257 e. The third-order valence-electron chi connectivity index (χ3n) is 2.19. The van der Waals surface area contributed by atoms with Crippen LogP contribution in [0, 0.1) is 0 Å². The van der Waals surface area contributed by atoms with Crippen molar-refractivity contribution in [2.45, 2.75) is 19.4 Å². The van der Waals surface area contributed by atoms with E-state index in [1.807, 2.05) is 0 Å². The molecule has 1 rings (SSSR count). The summed E-state index contributed by atoms with van der Waals surface area (Å²) in [7, 11) is 0. The van der Waals surface area contributed by atoms with Gasteiger partial charge in [0, 0.05) is 10.0 Å². The first kappa shape index (κ1) is 15.0. The maximum atomic E-state index is 11.9. The molecule has 100 valence electrons. The van der Waals surface area contributed by atoms with E-state index in [2.05, 4.69) is 10.3 Å². The van der Waals surface area contributed by atoms with E-state index in [1.54, 1.807) is 25.1 Å². The molecule has 0 saturated carbocycles. The molecular weight excluding hydrogens is 283 g/mol. The van der Waals surface area contributed by atoms with Crippen molar-refractivity contribution in [3.05, 3.63) is 33.8 Å². The molecule has 1 aromatic carbocycles. The number of halogens is 4. The van der Waals surface area contributed by atoms with Crippen LogP contribution in [0.15, 0.2) is 23.2 Å². The molecule has 3 N–H and O–H groups in total. The Morgan fingerprint density at radius 3 is 2.67 bits per heavy atom. The van der Waals surface area contributed by atoms with E-state index in [1.165, 1.54) is 0 Å². The van der Waals surface area contributed by atoms with Crippen molar-refractivity contribution in [3.8, 4) is 0 Å². The van der Waals surface area contributed by atoms with Gasteiger partial charge in [-0.05, 0) is 24.6 Å². The molecule has 0 fully saturated rings. The van der Waals surface area contributed by atoms with E-state index in [0.29, 0.717) is 10.0 Å². The quantitative estimate of drug-likeness (QED) is 0.662. The average Bonchev–Trinajstić information content (AvgIpc) is 2.26. The molecule has 0 aliphatic heterocycles. The molecule has 3 nitrogen and oxygen atoms in total. The van der Waals surface area contributed by atoms with Gasteiger partial charge in [0.1, 0.15) is 6.54 Å². The Labute approximate surface area is 114 Å². The van der Waals surface area contributed by atoms with Crippen molar-refractivity contribution in [2.75, 3.05) is 6.54 Å². The first-order valence-corrected chi connectivity index (χ1v) is 5.95. The predicted octanol–water partition coefficient (Wildman–Crippen LogP) is 3.22. The molecule has 0 bridgehead atoms. The molecule has 1 atom stereocenters. The second-order valence-corrected chi connectivity index (χ2v) is 4.49. The zero-order chi connectivity index (χ0) is 13.7. The lowest BCUT2D eigenvalue weighted by Crippen LogP contribution is -2.34. The van der Waals surface area contributed by atoms with E-state index >= 15 is 0 Å². The van der Waals surface area contributed by atoms with Gasteiger partial charge in [0.15, 0.2) is 5.96 Å². The highest BCUT2D eigenvalue weighted by molar-refractivity contribution is 6.35. The van der Waals surface area contributed by atoms with E-state index in [4.69, 9.17) is 28.9 Å². The summed E-state index contributed by atoms with van der Waals surface area (Å²) in [5.74, 6) is -0.0474. The van der Waals surface area contributed by atoms with Crippen molar-refractivity contribution in [1.82, 2.24) is 5.32 Å². The van der Waals surface area contributed by atoms with Gasteiger partial charge in [-0.15, -0.1) is 0 Å². The number of benzene rings is 1. The normalized spacial score (nSPS) is 13.8. The SMILES string of the molecule is CC(NC(N)=NCC(F)F)c1ccc(Cl)cc1Cl. The lowest BCUT2D eigenvalue weighted by molar-refractivity contribution is 0.158. The van der Waals surface area contributed by atoms with Crippen molar-refractivity contribution >= 4 is 29.2 Å². The zero-order valence-corrected chi connectivity index (χ0v) is 11.1. The van der Waals surface area contributed by atoms with Crippen LogP contribution in [-0.4, -0.2) is 18.9 Å². The van der Waals surface area contributed by atoms with Crippen LogP contribution in [0.4, 0.5) is 8.78 Å². The fourth-order valence-corrected chi connectivity index (χ4v) is 1.94. The Bertz CT molecular complexity index is 438. The number of alkyl halides is 2. The third-order valence-corrected chi connectivity index (χ3v) is 2.76. The predicted molar refractivity (Wildman–Crippen MR) is 70.5 cm³/mol. The highest BCUT2D eigenvalue weighted by atomic mass is 35.5. The molecule has 0 spiro atoms. The number of nitrogens with one attached hydrogen (secondary N) is 1. The van der Waals surface area contributed by atoms with Gasteiger partial charge in [0.25, 0.3) is 6.43 Å². The molecule has 18 heavy (non-hydrogen) atoms. The van der Waals surface area contributed by atoms with Gasteiger partial charge in [-0.2, -0.15) is 0 Å². The Morgan fingerprint density at radius 1 is 1.44 bits per heavy atom. The topological polar surface area (TPSA) is 50.4 Å². The van der Waals surface area contributed by atoms with Crippen molar-refractivity contribution in [3.63, 3.8) is 0 Å². The summed E-state index contributed by atoms with van der Waals surface area (Å²) < 4.78 is 23.9. The minimum absolute atomic E-state index is 0.0474. The van der Waals surface area contributed by atoms with Crippen LogP contribution in [0.5, 0.6) is 0 Å². The van der Waals surface area contributed by atoms with Crippen LogP contribution >= 0.6 is 23.2 Å². The van der Waals surface area contributed by atoms with Gasteiger partial charge in [-0.3, -0.25) is 0 Å². The lowest BCUT2D eigenvalue weighted by atomic mass is 10.1. The first-order chi connectivity index (χ1) is 8.40. The number of guanidine groups is 1. The summed E-state index contributed by atoms with van der Waals surface area (Å²) in [6.07, 6.45) is -2.51. The Hall–Kier alpha value is -1.07. The first-order valence-electron chi connectivity index (χ1n) is 5.19. The second kappa shape index (κ2) is 6.75. The zero-order valence-electron chi connectivity index (χ0n) is 9.63. The van der Waals surface area contributed by atoms with E-state index in [-0.39, 0.29) is 12.0 Å². The molecular formula is C11H13Cl2F2N3. The van der Waals surface area contributed by atoms with Gasteiger partial charge in [-0.1, -0.05) is 29.3 Å². The van der Waals surface area contributed by atoms with Crippen LogP contribution < -0.4 is 11.1 Å². The van der Waals surface area contributed by atoms with Gasteiger partial charge in [-0.25, -0.2) is 13.8 Å². The Kier molecular flexibility index (Phi) is 5.62. The molecule has 0 aliphatic carbocycles. The van der Waals surface area contributed by atoms with Gasteiger partial charge in [0.05, 0.1) is 6.04 Å². The van der Waals surface area contributed by atoms with Crippen molar-refractivity contribution < 1.29 is 8.78 Å². The average molecular weight is 296 g/mol. The Balaban J connectivity index is 2.70. The fourth-order valence-electron chi connectivity index (χ4n) is 1.37.